The van der Waals surface area contributed by atoms with Crippen LogP contribution in [0.4, 0.5) is 5.69 Å². The van der Waals surface area contributed by atoms with Crippen LogP contribution in [0.25, 0.3) is 10.9 Å². The number of benzene rings is 3. The van der Waals surface area contributed by atoms with E-state index in [1.165, 1.54) is 0 Å². The number of pyridine rings is 1. The highest BCUT2D eigenvalue weighted by atomic mass is 32.2. The summed E-state index contributed by atoms with van der Waals surface area (Å²) >= 11 is 0. The Morgan fingerprint density at radius 3 is 2.28 bits per heavy atom. The van der Waals surface area contributed by atoms with Gasteiger partial charge in [-0.05, 0) is 54.1 Å². The maximum Gasteiger partial charge on any atom is 0.253 e. The van der Waals surface area contributed by atoms with Crippen LogP contribution in [0.3, 0.4) is 0 Å². The fourth-order valence-electron chi connectivity index (χ4n) is 4.51. The summed E-state index contributed by atoms with van der Waals surface area (Å²) in [5.74, 6) is 0.618. The highest BCUT2D eigenvalue weighted by molar-refractivity contribution is 7.90. The Hall–Kier alpha value is -3.91. The minimum Gasteiger partial charge on any atom is -0.497 e. The lowest BCUT2D eigenvalue weighted by atomic mass is 10.1. The molecule has 1 aromatic heterocycles. The number of carbonyl (C=O) groups is 1. The molecule has 8 heteroatoms. The topological polar surface area (TPSA) is 79.8 Å². The molecule has 1 aliphatic heterocycles. The highest BCUT2D eigenvalue weighted by Gasteiger charge is 2.23. The minimum absolute atomic E-state index is 0.0444. The number of piperazine rings is 1. The lowest BCUT2D eigenvalue weighted by molar-refractivity contribution is 0.0747. The summed E-state index contributed by atoms with van der Waals surface area (Å²) in [6.07, 6.45) is 1.60. The van der Waals surface area contributed by atoms with Gasteiger partial charge in [0, 0.05) is 49.0 Å². The molecule has 0 radical (unpaired) electrons. The molecule has 1 saturated heterocycles. The van der Waals surface area contributed by atoms with E-state index in [1.54, 1.807) is 55.8 Å². The van der Waals surface area contributed by atoms with Crippen LogP contribution >= 0.6 is 0 Å². The number of carbonyl (C=O) groups excluding carboxylic acids is 1. The van der Waals surface area contributed by atoms with E-state index in [0.29, 0.717) is 29.7 Å². The van der Waals surface area contributed by atoms with Crippen LogP contribution < -0.4 is 9.64 Å². The molecule has 0 unspecified atom stereocenters. The zero-order chi connectivity index (χ0) is 25.1. The van der Waals surface area contributed by atoms with Crippen molar-refractivity contribution < 1.29 is 17.9 Å². The molecule has 2 heterocycles. The van der Waals surface area contributed by atoms with Gasteiger partial charge in [0.15, 0.2) is 9.84 Å². The molecule has 184 valence electrons. The molecule has 0 N–H and O–H groups in total. The molecule has 0 saturated carbocycles. The molecule has 1 fully saturated rings. The second-order valence-electron chi connectivity index (χ2n) is 8.76. The Kier molecular flexibility index (Phi) is 6.61. The second-order valence-corrected chi connectivity index (χ2v) is 10.7. The van der Waals surface area contributed by atoms with Crippen LogP contribution in [-0.2, 0) is 15.6 Å². The molecule has 36 heavy (non-hydrogen) atoms. The normalized spacial score (nSPS) is 14.1. The Morgan fingerprint density at radius 2 is 1.58 bits per heavy atom. The van der Waals surface area contributed by atoms with Gasteiger partial charge in [-0.2, -0.15) is 0 Å². The maximum atomic E-state index is 13.1. The van der Waals surface area contributed by atoms with E-state index in [0.717, 1.165) is 29.9 Å². The smallest absolute Gasteiger partial charge is 0.253 e. The first-order valence-corrected chi connectivity index (χ1v) is 13.4. The van der Waals surface area contributed by atoms with Gasteiger partial charge in [0.2, 0.25) is 0 Å². The van der Waals surface area contributed by atoms with Crippen LogP contribution in [-0.4, -0.2) is 57.5 Å². The molecule has 7 nitrogen and oxygen atoms in total. The van der Waals surface area contributed by atoms with E-state index < -0.39 is 9.84 Å². The number of hydrogen-bond acceptors (Lipinski definition) is 6. The van der Waals surface area contributed by atoms with Gasteiger partial charge in [-0.1, -0.05) is 30.3 Å². The minimum atomic E-state index is -3.60. The molecule has 1 aliphatic rings. The second kappa shape index (κ2) is 9.99. The Balaban J connectivity index is 1.23. The van der Waals surface area contributed by atoms with Crippen LogP contribution in [0, 0.1) is 0 Å². The van der Waals surface area contributed by atoms with E-state index in [9.17, 15) is 13.2 Å². The average Bonchev–Trinajstić information content (AvgIpc) is 2.93. The first-order chi connectivity index (χ1) is 17.4. The number of amides is 1. The standard InChI is InChI=1S/C28H27N3O4S/c1-35-25-13-11-24(12-14-25)30-16-18-31(19-17-30)28(32)23-9-7-21(8-10-23)20-36(33,34)26-6-2-4-22-5-3-15-29-27(22)26/h2-15H,16-20H2,1H3. The highest BCUT2D eigenvalue weighted by Crippen LogP contribution is 2.25. The number of anilines is 1. The van der Waals surface area contributed by atoms with Crippen LogP contribution in [0.1, 0.15) is 15.9 Å². The third kappa shape index (κ3) is 4.90. The van der Waals surface area contributed by atoms with Crippen LogP contribution in [0.15, 0.2) is 90.0 Å². The van der Waals surface area contributed by atoms with E-state index in [2.05, 4.69) is 9.88 Å². The summed E-state index contributed by atoms with van der Waals surface area (Å²) in [6.45, 7) is 2.73. The number of methoxy groups -OCH3 is 1. The first-order valence-electron chi connectivity index (χ1n) is 11.8. The van der Waals surface area contributed by atoms with Gasteiger partial charge in [0.05, 0.1) is 23.3 Å². The SMILES string of the molecule is COc1ccc(N2CCN(C(=O)c3ccc(CS(=O)(=O)c4cccc5cccnc45)cc3)CC2)cc1. The Labute approximate surface area is 210 Å². The van der Waals surface area contributed by atoms with E-state index in [-0.39, 0.29) is 16.6 Å². The molecular weight excluding hydrogens is 474 g/mol. The fraction of sp³-hybridized carbons (Fsp3) is 0.214. The summed E-state index contributed by atoms with van der Waals surface area (Å²) < 4.78 is 31.5. The van der Waals surface area contributed by atoms with Crippen molar-refractivity contribution in [1.82, 2.24) is 9.88 Å². The lowest BCUT2D eigenvalue weighted by Crippen LogP contribution is -2.48. The molecule has 0 atom stereocenters. The monoisotopic (exact) mass is 501 g/mol. The Morgan fingerprint density at radius 1 is 0.889 bits per heavy atom. The number of nitrogens with zero attached hydrogens (tertiary/aromatic N) is 3. The molecule has 1 amide bonds. The van der Waals surface area contributed by atoms with Gasteiger partial charge in [-0.3, -0.25) is 9.78 Å². The van der Waals surface area contributed by atoms with Gasteiger partial charge in [-0.15, -0.1) is 0 Å². The molecule has 0 bridgehead atoms. The summed E-state index contributed by atoms with van der Waals surface area (Å²) in [5, 5.41) is 0.784. The molecule has 3 aromatic carbocycles. The van der Waals surface area contributed by atoms with Gasteiger partial charge in [0.1, 0.15) is 5.75 Å². The fourth-order valence-corrected chi connectivity index (χ4v) is 6.05. The number of hydrogen-bond donors (Lipinski definition) is 0. The average molecular weight is 502 g/mol. The maximum absolute atomic E-state index is 13.1. The largest absolute Gasteiger partial charge is 0.497 e. The molecule has 4 aromatic rings. The van der Waals surface area contributed by atoms with Crippen LogP contribution in [0.5, 0.6) is 5.75 Å². The molecule has 0 aliphatic carbocycles. The van der Waals surface area contributed by atoms with Gasteiger partial charge < -0.3 is 14.5 Å². The van der Waals surface area contributed by atoms with Crippen molar-refractivity contribution in [2.75, 3.05) is 38.2 Å². The van der Waals surface area contributed by atoms with Crippen molar-refractivity contribution in [2.45, 2.75) is 10.6 Å². The van der Waals surface area contributed by atoms with Gasteiger partial charge >= 0.3 is 0 Å². The number of aromatic nitrogens is 1. The third-order valence-electron chi connectivity index (χ3n) is 6.49. The summed E-state index contributed by atoms with van der Waals surface area (Å²) in [5.41, 5.74) is 2.76. The Bertz CT molecular complexity index is 1470. The van der Waals surface area contributed by atoms with Crippen molar-refractivity contribution in [3.05, 3.63) is 96.2 Å². The van der Waals surface area contributed by atoms with E-state index in [1.807, 2.05) is 41.3 Å². The number of ether oxygens (including phenoxy) is 1. The summed E-state index contributed by atoms with van der Waals surface area (Å²) in [7, 11) is -1.96. The van der Waals surface area contributed by atoms with Crippen molar-refractivity contribution in [1.29, 1.82) is 0 Å². The summed E-state index contributed by atoms with van der Waals surface area (Å²) in [6, 6.07) is 23.6. The molecule has 5 rings (SSSR count). The number of sulfone groups is 1. The number of rotatable bonds is 6. The van der Waals surface area contributed by atoms with Crippen molar-refractivity contribution in [3.8, 4) is 5.75 Å². The molecule has 0 spiro atoms. The lowest BCUT2D eigenvalue weighted by Gasteiger charge is -2.36. The predicted molar refractivity (Wildman–Crippen MR) is 140 cm³/mol. The van der Waals surface area contributed by atoms with E-state index in [4.69, 9.17) is 4.74 Å². The van der Waals surface area contributed by atoms with Crippen molar-refractivity contribution in [3.63, 3.8) is 0 Å². The van der Waals surface area contributed by atoms with Crippen LogP contribution in [0.2, 0.25) is 0 Å². The third-order valence-corrected chi connectivity index (χ3v) is 8.21. The van der Waals surface area contributed by atoms with Crippen molar-refractivity contribution in [2.24, 2.45) is 0 Å². The van der Waals surface area contributed by atoms with Crippen molar-refractivity contribution >= 4 is 32.3 Å². The van der Waals surface area contributed by atoms with Gasteiger partial charge in [0.25, 0.3) is 5.91 Å². The van der Waals surface area contributed by atoms with E-state index >= 15 is 0 Å². The number of para-hydroxylation sites is 1. The quantitative estimate of drug-likeness (QED) is 0.394. The number of fused-ring (bicyclic) bond motifs is 1. The summed E-state index contributed by atoms with van der Waals surface area (Å²) in [4.78, 5) is 21.6. The zero-order valence-corrected chi connectivity index (χ0v) is 20.8. The zero-order valence-electron chi connectivity index (χ0n) is 20.0. The molecular formula is C28H27N3O4S. The first kappa shape index (κ1) is 23.8. The van der Waals surface area contributed by atoms with Gasteiger partial charge in [-0.25, -0.2) is 8.42 Å². The predicted octanol–water partition coefficient (Wildman–Crippen LogP) is 4.18.